The molecule has 176 valence electrons. The van der Waals surface area contributed by atoms with Crippen molar-refractivity contribution in [3.8, 4) is 0 Å². The van der Waals surface area contributed by atoms with Crippen LogP contribution in [-0.4, -0.2) is 68.5 Å². The molecule has 32 heavy (non-hydrogen) atoms. The molecule has 10 heteroatoms. The highest BCUT2D eigenvalue weighted by atomic mass is 127. The first-order valence-corrected chi connectivity index (χ1v) is 12.5. The molecule has 1 saturated carbocycles. The molecular weight excluding hydrogens is 541 g/mol. The maximum atomic E-state index is 12.7. The molecule has 1 aliphatic carbocycles. The Morgan fingerprint density at radius 2 is 1.81 bits per heavy atom. The van der Waals surface area contributed by atoms with Gasteiger partial charge in [0.05, 0.1) is 5.69 Å². The SMILES string of the molecule is CN=C(NCC1(c2ccccc2)CCCC1)N1CCN(S(=O)(=O)Cc2ccon2)CC1.I. The molecule has 0 radical (unpaired) electrons. The standard InChI is InChI=1S/C22H31N5O3S.HI/c1-23-21(24-18-22(10-5-6-11-22)19-7-3-2-4-8-19)26-12-14-27(15-13-26)31(28,29)17-20-9-16-30-25-20;/h2-4,7-9,16H,5-6,10-15,17-18H2,1H3,(H,23,24);1H. The van der Waals surface area contributed by atoms with Crippen molar-refractivity contribution < 1.29 is 12.9 Å². The van der Waals surface area contributed by atoms with Crippen LogP contribution in [0.5, 0.6) is 0 Å². The number of aliphatic imine (C=N–C) groups is 1. The molecule has 0 bridgehead atoms. The van der Waals surface area contributed by atoms with Crippen molar-refractivity contribution in [2.75, 3.05) is 39.8 Å². The van der Waals surface area contributed by atoms with Gasteiger partial charge in [0.1, 0.15) is 12.0 Å². The van der Waals surface area contributed by atoms with Gasteiger partial charge < -0.3 is 14.7 Å². The molecule has 2 heterocycles. The Hall–Kier alpha value is -1.66. The van der Waals surface area contributed by atoms with E-state index in [4.69, 9.17) is 4.52 Å². The van der Waals surface area contributed by atoms with Crippen molar-refractivity contribution in [1.82, 2.24) is 19.7 Å². The Kier molecular flexibility index (Phi) is 8.56. The van der Waals surface area contributed by atoms with E-state index in [1.54, 1.807) is 13.1 Å². The normalized spacial score (nSPS) is 19.5. The second-order valence-corrected chi connectivity index (χ2v) is 10.4. The van der Waals surface area contributed by atoms with Gasteiger partial charge in [0, 0.05) is 51.3 Å². The fourth-order valence-electron chi connectivity index (χ4n) is 4.76. The number of halogens is 1. The van der Waals surface area contributed by atoms with Crippen LogP contribution in [0.1, 0.15) is 36.9 Å². The predicted molar refractivity (Wildman–Crippen MR) is 136 cm³/mol. The van der Waals surface area contributed by atoms with Crippen molar-refractivity contribution in [3.05, 3.63) is 53.9 Å². The van der Waals surface area contributed by atoms with Gasteiger partial charge in [-0.2, -0.15) is 4.31 Å². The van der Waals surface area contributed by atoms with Crippen LogP contribution in [0.4, 0.5) is 0 Å². The van der Waals surface area contributed by atoms with Crippen LogP contribution in [0.15, 0.2) is 52.2 Å². The summed E-state index contributed by atoms with van der Waals surface area (Å²) in [4.78, 5) is 6.64. The summed E-state index contributed by atoms with van der Waals surface area (Å²) in [6, 6.07) is 12.3. The van der Waals surface area contributed by atoms with Gasteiger partial charge in [-0.25, -0.2) is 8.42 Å². The van der Waals surface area contributed by atoms with E-state index in [0.29, 0.717) is 31.9 Å². The Bertz CT molecular complexity index is 968. The molecule has 1 aliphatic heterocycles. The summed E-state index contributed by atoms with van der Waals surface area (Å²) in [6.45, 7) is 2.93. The van der Waals surface area contributed by atoms with Gasteiger partial charge in [0.25, 0.3) is 0 Å². The van der Waals surface area contributed by atoms with Crippen molar-refractivity contribution >= 4 is 40.0 Å². The number of hydrogen-bond donors (Lipinski definition) is 1. The molecule has 8 nitrogen and oxygen atoms in total. The first-order chi connectivity index (χ1) is 15.0. The number of rotatable bonds is 6. The third-order valence-corrected chi connectivity index (χ3v) is 8.31. The van der Waals surface area contributed by atoms with Crippen molar-refractivity contribution in [3.63, 3.8) is 0 Å². The third-order valence-electron chi connectivity index (χ3n) is 6.50. The number of benzene rings is 1. The summed E-state index contributed by atoms with van der Waals surface area (Å²) in [7, 11) is -1.62. The Morgan fingerprint density at radius 1 is 1.12 bits per heavy atom. The lowest BCUT2D eigenvalue weighted by Crippen LogP contribution is -2.55. The van der Waals surface area contributed by atoms with E-state index in [2.05, 4.69) is 50.7 Å². The number of sulfonamides is 1. The molecule has 0 atom stereocenters. The van der Waals surface area contributed by atoms with Crippen molar-refractivity contribution in [2.24, 2.45) is 4.99 Å². The van der Waals surface area contributed by atoms with E-state index in [1.807, 2.05) is 0 Å². The highest BCUT2D eigenvalue weighted by Crippen LogP contribution is 2.40. The molecule has 2 aromatic rings. The smallest absolute Gasteiger partial charge is 0.220 e. The first-order valence-electron chi connectivity index (χ1n) is 10.9. The fourth-order valence-corrected chi connectivity index (χ4v) is 6.18. The second kappa shape index (κ2) is 11.0. The molecular formula is C22H32IN5O3S. The largest absolute Gasteiger partial charge is 0.364 e. The zero-order valence-electron chi connectivity index (χ0n) is 18.4. The molecule has 0 spiro atoms. The van der Waals surface area contributed by atoms with Crippen molar-refractivity contribution in [2.45, 2.75) is 36.9 Å². The van der Waals surface area contributed by atoms with E-state index in [1.165, 1.54) is 41.8 Å². The lowest BCUT2D eigenvalue weighted by molar-refractivity contribution is 0.258. The van der Waals surface area contributed by atoms with Crippen LogP contribution in [0.2, 0.25) is 0 Å². The Morgan fingerprint density at radius 3 is 2.41 bits per heavy atom. The second-order valence-electron chi connectivity index (χ2n) is 8.39. The van der Waals surface area contributed by atoms with E-state index in [-0.39, 0.29) is 35.1 Å². The Labute approximate surface area is 207 Å². The van der Waals surface area contributed by atoms with Gasteiger partial charge in [-0.3, -0.25) is 4.99 Å². The number of nitrogens with zero attached hydrogens (tertiary/aromatic N) is 4. The topological polar surface area (TPSA) is 91.0 Å². The van der Waals surface area contributed by atoms with E-state index in [9.17, 15) is 8.42 Å². The van der Waals surface area contributed by atoms with Crippen LogP contribution < -0.4 is 5.32 Å². The maximum Gasteiger partial charge on any atom is 0.220 e. The van der Waals surface area contributed by atoms with Gasteiger partial charge >= 0.3 is 0 Å². The first kappa shape index (κ1) is 25.0. The summed E-state index contributed by atoms with van der Waals surface area (Å²) < 4.78 is 31.6. The highest BCUT2D eigenvalue weighted by Gasteiger charge is 2.36. The van der Waals surface area contributed by atoms with E-state index in [0.717, 1.165) is 12.5 Å². The average Bonchev–Trinajstić information content (AvgIpc) is 3.48. The quantitative estimate of drug-likeness (QED) is 0.325. The zero-order chi connectivity index (χ0) is 21.7. The predicted octanol–water partition coefficient (Wildman–Crippen LogP) is 2.83. The minimum atomic E-state index is -3.41. The summed E-state index contributed by atoms with van der Waals surface area (Å²) in [5.74, 6) is 0.714. The minimum absolute atomic E-state index is 0. The van der Waals surface area contributed by atoms with Gasteiger partial charge in [-0.15, -0.1) is 24.0 Å². The van der Waals surface area contributed by atoms with Gasteiger partial charge in [-0.05, 0) is 18.4 Å². The van der Waals surface area contributed by atoms with Gasteiger partial charge in [-0.1, -0.05) is 48.3 Å². The van der Waals surface area contributed by atoms with Crippen LogP contribution in [0, 0.1) is 0 Å². The monoisotopic (exact) mass is 573 g/mol. The molecule has 1 N–H and O–H groups in total. The molecule has 0 amide bonds. The van der Waals surface area contributed by atoms with E-state index >= 15 is 0 Å². The lowest BCUT2D eigenvalue weighted by Gasteiger charge is -2.37. The number of aromatic nitrogens is 1. The molecule has 0 unspecified atom stereocenters. The third kappa shape index (κ3) is 5.63. The van der Waals surface area contributed by atoms with Crippen LogP contribution in [-0.2, 0) is 21.2 Å². The minimum Gasteiger partial charge on any atom is -0.364 e. The summed E-state index contributed by atoms with van der Waals surface area (Å²) in [5.41, 5.74) is 1.96. The number of nitrogens with one attached hydrogen (secondary N) is 1. The number of piperazine rings is 1. The Balaban J connectivity index is 0.00000289. The average molecular weight is 574 g/mol. The highest BCUT2D eigenvalue weighted by molar-refractivity contribution is 14.0. The zero-order valence-corrected chi connectivity index (χ0v) is 21.6. The molecule has 2 aliphatic rings. The van der Waals surface area contributed by atoms with Gasteiger partial charge in [0.15, 0.2) is 5.96 Å². The number of guanidine groups is 1. The van der Waals surface area contributed by atoms with Crippen molar-refractivity contribution in [1.29, 1.82) is 0 Å². The van der Waals surface area contributed by atoms with Crippen LogP contribution in [0.3, 0.4) is 0 Å². The summed E-state index contributed by atoms with van der Waals surface area (Å²) in [5, 5.41) is 7.32. The molecule has 1 aromatic carbocycles. The summed E-state index contributed by atoms with van der Waals surface area (Å²) >= 11 is 0. The molecule has 2 fully saturated rings. The van der Waals surface area contributed by atoms with Crippen LogP contribution >= 0.6 is 24.0 Å². The lowest BCUT2D eigenvalue weighted by atomic mass is 9.79. The van der Waals surface area contributed by atoms with Crippen LogP contribution in [0.25, 0.3) is 0 Å². The maximum absolute atomic E-state index is 12.7. The van der Waals surface area contributed by atoms with E-state index < -0.39 is 10.0 Å². The fraction of sp³-hybridized carbons (Fsp3) is 0.545. The molecule has 1 saturated heterocycles. The number of hydrogen-bond acceptors (Lipinski definition) is 5. The molecule has 1 aromatic heterocycles. The summed E-state index contributed by atoms with van der Waals surface area (Å²) in [6.07, 6.45) is 6.24. The molecule has 4 rings (SSSR count). The van der Waals surface area contributed by atoms with Gasteiger partial charge in [0.2, 0.25) is 10.0 Å².